The van der Waals surface area contributed by atoms with E-state index in [-0.39, 0.29) is 0 Å². The number of ketones is 1. The predicted octanol–water partition coefficient (Wildman–Crippen LogP) is 3.45. The molecule has 0 aliphatic heterocycles. The third kappa shape index (κ3) is 1.83. The summed E-state index contributed by atoms with van der Waals surface area (Å²) in [4.78, 5) is 12.1. The van der Waals surface area contributed by atoms with Crippen molar-refractivity contribution < 1.29 is 4.79 Å². The molecule has 80 valence electrons. The van der Waals surface area contributed by atoms with Gasteiger partial charge in [-0.2, -0.15) is 0 Å². The first-order valence-electron chi connectivity index (χ1n) is 5.62. The van der Waals surface area contributed by atoms with Crippen molar-refractivity contribution in [2.24, 2.45) is 11.8 Å². The molecule has 0 amide bonds. The highest BCUT2D eigenvalue weighted by atomic mass is 16.1. The average molecular weight is 202 g/mol. The number of hydrogen-bond acceptors (Lipinski definition) is 1. The first-order valence-corrected chi connectivity index (χ1v) is 5.62. The quantitative estimate of drug-likeness (QED) is 0.671. The first kappa shape index (κ1) is 10.4. The van der Waals surface area contributed by atoms with E-state index in [1.807, 2.05) is 6.92 Å². The number of carbonyl (C=O) groups is 1. The Morgan fingerprint density at radius 1 is 1.13 bits per heavy atom. The van der Waals surface area contributed by atoms with E-state index < -0.39 is 0 Å². The van der Waals surface area contributed by atoms with Crippen LogP contribution in [0, 0.1) is 32.6 Å². The van der Waals surface area contributed by atoms with E-state index in [9.17, 15) is 4.79 Å². The molecule has 2 atom stereocenters. The molecular formula is C14H18O. The molecule has 0 heterocycles. The van der Waals surface area contributed by atoms with Crippen molar-refractivity contribution in [1.29, 1.82) is 0 Å². The van der Waals surface area contributed by atoms with Gasteiger partial charge in [-0.1, -0.05) is 13.0 Å². The first-order chi connectivity index (χ1) is 7.00. The Balaban J connectivity index is 2.36. The van der Waals surface area contributed by atoms with Crippen molar-refractivity contribution in [3.8, 4) is 0 Å². The smallest absolute Gasteiger partial charge is 0.166 e. The molecule has 0 aromatic heterocycles. The molecule has 1 aliphatic carbocycles. The van der Waals surface area contributed by atoms with Gasteiger partial charge in [0.1, 0.15) is 0 Å². The SMILES string of the molecule is Cc1cc(C)c(C(=O)C2CC2C)cc1C. The molecule has 1 heteroatoms. The van der Waals surface area contributed by atoms with Crippen LogP contribution in [-0.2, 0) is 0 Å². The van der Waals surface area contributed by atoms with Crippen molar-refractivity contribution in [2.75, 3.05) is 0 Å². The van der Waals surface area contributed by atoms with Crippen LogP contribution >= 0.6 is 0 Å². The van der Waals surface area contributed by atoms with Gasteiger partial charge in [0, 0.05) is 11.5 Å². The monoisotopic (exact) mass is 202 g/mol. The lowest BCUT2D eigenvalue weighted by molar-refractivity contribution is 0.0961. The molecule has 0 N–H and O–H groups in total. The maximum Gasteiger partial charge on any atom is 0.166 e. The maximum absolute atomic E-state index is 12.1. The van der Waals surface area contributed by atoms with Gasteiger partial charge in [0.2, 0.25) is 0 Å². The van der Waals surface area contributed by atoms with Gasteiger partial charge in [-0.05, 0) is 55.9 Å². The maximum atomic E-state index is 12.1. The lowest BCUT2D eigenvalue weighted by Crippen LogP contribution is -2.06. The number of benzene rings is 1. The summed E-state index contributed by atoms with van der Waals surface area (Å²) in [6.45, 7) is 8.35. The molecule has 0 saturated heterocycles. The molecule has 0 spiro atoms. The van der Waals surface area contributed by atoms with E-state index in [0.717, 1.165) is 17.5 Å². The van der Waals surface area contributed by atoms with Gasteiger partial charge in [-0.25, -0.2) is 0 Å². The van der Waals surface area contributed by atoms with E-state index in [1.165, 1.54) is 11.1 Å². The van der Waals surface area contributed by atoms with E-state index in [0.29, 0.717) is 17.6 Å². The summed E-state index contributed by atoms with van der Waals surface area (Å²) in [5.41, 5.74) is 4.56. The number of hydrogen-bond donors (Lipinski definition) is 0. The summed E-state index contributed by atoms with van der Waals surface area (Å²) in [6, 6.07) is 4.17. The largest absolute Gasteiger partial charge is 0.294 e. The highest BCUT2D eigenvalue weighted by Crippen LogP contribution is 2.40. The van der Waals surface area contributed by atoms with Crippen LogP contribution in [-0.4, -0.2) is 5.78 Å². The molecule has 1 saturated carbocycles. The highest BCUT2D eigenvalue weighted by molar-refractivity contribution is 6.01. The fraction of sp³-hybridized carbons (Fsp3) is 0.500. The fourth-order valence-corrected chi connectivity index (χ4v) is 2.11. The summed E-state index contributed by atoms with van der Waals surface area (Å²) < 4.78 is 0. The molecule has 2 rings (SSSR count). The van der Waals surface area contributed by atoms with Gasteiger partial charge < -0.3 is 0 Å². The Kier molecular flexibility index (Phi) is 2.41. The molecule has 1 aliphatic rings. The molecule has 0 bridgehead atoms. The summed E-state index contributed by atoms with van der Waals surface area (Å²) in [5, 5.41) is 0. The molecule has 0 radical (unpaired) electrons. The number of rotatable bonds is 2. The van der Waals surface area contributed by atoms with E-state index >= 15 is 0 Å². The molecule has 1 nitrogen and oxygen atoms in total. The molecule has 1 aromatic rings. The zero-order chi connectivity index (χ0) is 11.2. The highest BCUT2D eigenvalue weighted by Gasteiger charge is 2.39. The minimum Gasteiger partial charge on any atom is -0.294 e. The van der Waals surface area contributed by atoms with Crippen LogP contribution in [0.3, 0.4) is 0 Å². The van der Waals surface area contributed by atoms with Crippen LogP contribution in [0.4, 0.5) is 0 Å². The van der Waals surface area contributed by atoms with Crippen LogP contribution < -0.4 is 0 Å². The molecule has 1 aromatic carbocycles. The summed E-state index contributed by atoms with van der Waals surface area (Å²) in [7, 11) is 0. The van der Waals surface area contributed by atoms with Crippen LogP contribution in [0.2, 0.25) is 0 Å². The van der Waals surface area contributed by atoms with Crippen LogP contribution in [0.25, 0.3) is 0 Å². The summed E-state index contributed by atoms with van der Waals surface area (Å²) in [5.74, 6) is 1.24. The second-order valence-corrected chi connectivity index (χ2v) is 4.94. The van der Waals surface area contributed by atoms with Gasteiger partial charge in [-0.3, -0.25) is 4.79 Å². The van der Waals surface area contributed by atoms with Gasteiger partial charge >= 0.3 is 0 Å². The van der Waals surface area contributed by atoms with Gasteiger partial charge in [0.25, 0.3) is 0 Å². The van der Waals surface area contributed by atoms with Crippen molar-refractivity contribution in [3.63, 3.8) is 0 Å². The Bertz CT molecular complexity index is 418. The van der Waals surface area contributed by atoms with Gasteiger partial charge in [0.15, 0.2) is 5.78 Å². The Hall–Kier alpha value is -1.11. The normalized spacial score (nSPS) is 24.0. The van der Waals surface area contributed by atoms with Crippen molar-refractivity contribution in [1.82, 2.24) is 0 Å². The van der Waals surface area contributed by atoms with Crippen LogP contribution in [0.15, 0.2) is 12.1 Å². The minimum atomic E-state index is 0.297. The Morgan fingerprint density at radius 2 is 1.67 bits per heavy atom. The zero-order valence-electron chi connectivity index (χ0n) is 9.92. The molecule has 1 fully saturated rings. The second kappa shape index (κ2) is 3.48. The average Bonchev–Trinajstić information content (AvgIpc) is 2.88. The Labute approximate surface area is 91.5 Å². The topological polar surface area (TPSA) is 17.1 Å². The summed E-state index contributed by atoms with van der Waals surface area (Å²) >= 11 is 0. The van der Waals surface area contributed by atoms with Gasteiger partial charge in [-0.15, -0.1) is 0 Å². The van der Waals surface area contributed by atoms with Crippen LogP contribution in [0.1, 0.15) is 40.4 Å². The minimum absolute atomic E-state index is 0.297. The molecule has 15 heavy (non-hydrogen) atoms. The third-order valence-corrected chi connectivity index (χ3v) is 3.55. The lowest BCUT2D eigenvalue weighted by Gasteiger charge is -2.08. The summed E-state index contributed by atoms with van der Waals surface area (Å²) in [6.07, 6.45) is 1.07. The molecule has 2 unspecified atom stereocenters. The number of aryl methyl sites for hydroxylation is 3. The number of Topliss-reactive ketones (excluding diaryl/α,β-unsaturated/α-hetero) is 1. The van der Waals surface area contributed by atoms with Gasteiger partial charge in [0.05, 0.1) is 0 Å². The number of carbonyl (C=O) groups excluding carboxylic acids is 1. The van der Waals surface area contributed by atoms with E-state index in [1.54, 1.807) is 0 Å². The predicted molar refractivity (Wildman–Crippen MR) is 62.3 cm³/mol. The van der Waals surface area contributed by atoms with E-state index in [2.05, 4.69) is 32.9 Å². The Morgan fingerprint density at radius 3 is 2.20 bits per heavy atom. The van der Waals surface area contributed by atoms with Crippen molar-refractivity contribution >= 4 is 5.78 Å². The second-order valence-electron chi connectivity index (χ2n) is 4.94. The zero-order valence-corrected chi connectivity index (χ0v) is 9.92. The molecular weight excluding hydrogens is 184 g/mol. The van der Waals surface area contributed by atoms with Crippen molar-refractivity contribution in [3.05, 3.63) is 34.4 Å². The fourth-order valence-electron chi connectivity index (χ4n) is 2.11. The standard InChI is InChI=1S/C14H18O/c1-8-5-10(3)12(6-9(8)2)14(15)13-7-11(13)4/h5-6,11,13H,7H2,1-4H3. The van der Waals surface area contributed by atoms with Crippen LogP contribution in [0.5, 0.6) is 0 Å². The lowest BCUT2D eigenvalue weighted by atomic mass is 9.96. The van der Waals surface area contributed by atoms with Crippen molar-refractivity contribution in [2.45, 2.75) is 34.1 Å². The third-order valence-electron chi connectivity index (χ3n) is 3.55. The van der Waals surface area contributed by atoms with E-state index in [4.69, 9.17) is 0 Å².